The van der Waals surface area contributed by atoms with Crippen molar-refractivity contribution in [3.63, 3.8) is 0 Å². The van der Waals surface area contributed by atoms with Gasteiger partial charge in [0, 0.05) is 18.2 Å². The number of cyclic esters (lactones) is 1. The number of hydrogen-bond acceptors (Lipinski definition) is 9. The highest BCUT2D eigenvalue weighted by Gasteiger charge is 2.85. The summed E-state index contributed by atoms with van der Waals surface area (Å²) in [7, 11) is 2.46. The number of benzene rings is 2. The maximum atomic E-state index is 14.6. The largest absolute Gasteiger partial charge is 0.466 e. The minimum atomic E-state index is -2.08. The maximum Gasteiger partial charge on any atom is 0.348 e. The zero-order valence-electron chi connectivity index (χ0n) is 21.8. The first-order valence-corrected chi connectivity index (χ1v) is 12.8. The standard InChI is InChI=1S/C29H28N2O8/c1-17-21(24(32)36-2)23(19-12-8-5-9-13-19)31-26(34)28(27(35)37-3)20-14-15-38-25(33)22(20)29(31,39-28)30(17)16-18-10-6-4-7-11-18/h4-13,20,22-23H,14-16H2,1-3H3/t20-,22-,23?,28-,29-/m0/s1. The van der Waals surface area contributed by atoms with E-state index in [1.54, 1.807) is 36.1 Å². The van der Waals surface area contributed by atoms with Crippen molar-refractivity contribution in [1.29, 1.82) is 0 Å². The summed E-state index contributed by atoms with van der Waals surface area (Å²) >= 11 is 0. The number of carbonyl (C=O) groups is 4. The number of piperidine rings is 1. The van der Waals surface area contributed by atoms with E-state index in [1.165, 1.54) is 19.1 Å². The third kappa shape index (κ3) is 3.18. The first-order chi connectivity index (χ1) is 18.8. The van der Waals surface area contributed by atoms with Gasteiger partial charge in [0.2, 0.25) is 5.85 Å². The van der Waals surface area contributed by atoms with Gasteiger partial charge in [-0.1, -0.05) is 60.7 Å². The lowest BCUT2D eigenvalue weighted by molar-refractivity contribution is -0.234. The minimum absolute atomic E-state index is 0.0501. The van der Waals surface area contributed by atoms with Gasteiger partial charge in [-0.25, -0.2) is 9.59 Å². The molecule has 4 heterocycles. The SMILES string of the molecule is COC(=O)C1=C(C)N(Cc2ccccc2)[C@]23O[C@](C(=O)OC)(C(=O)N2C1c1ccccc1)[C@H]1CCOC(=O)[C@H]13. The Balaban J connectivity index is 1.68. The number of esters is 3. The number of amides is 1. The number of methoxy groups -OCH3 is 2. The average molecular weight is 533 g/mol. The third-order valence-electron chi connectivity index (χ3n) is 8.36. The molecule has 1 spiro atoms. The predicted molar refractivity (Wildman–Crippen MR) is 134 cm³/mol. The van der Waals surface area contributed by atoms with Crippen LogP contribution in [0.4, 0.5) is 0 Å². The van der Waals surface area contributed by atoms with Crippen LogP contribution in [0.5, 0.6) is 0 Å². The van der Waals surface area contributed by atoms with E-state index in [1.807, 2.05) is 36.4 Å². The van der Waals surface area contributed by atoms with E-state index in [9.17, 15) is 19.2 Å². The fourth-order valence-corrected chi connectivity index (χ4v) is 6.78. The summed E-state index contributed by atoms with van der Waals surface area (Å²) in [5.74, 6) is -6.36. The molecule has 2 aromatic rings. The Morgan fingerprint density at radius 1 is 1.00 bits per heavy atom. The summed E-state index contributed by atoms with van der Waals surface area (Å²) in [4.78, 5) is 58.1. The van der Waals surface area contributed by atoms with Crippen LogP contribution < -0.4 is 0 Å². The van der Waals surface area contributed by atoms with E-state index in [4.69, 9.17) is 18.9 Å². The number of nitrogens with zero attached hydrogens (tertiary/aromatic N) is 2. The lowest BCUT2D eigenvalue weighted by atomic mass is 9.69. The average Bonchev–Trinajstić information content (AvgIpc) is 3.42. The first-order valence-electron chi connectivity index (χ1n) is 12.8. The van der Waals surface area contributed by atoms with Gasteiger partial charge in [-0.15, -0.1) is 0 Å². The molecule has 10 nitrogen and oxygen atoms in total. The van der Waals surface area contributed by atoms with Crippen molar-refractivity contribution in [2.75, 3.05) is 20.8 Å². The van der Waals surface area contributed by atoms with Gasteiger partial charge in [0.1, 0.15) is 5.92 Å². The van der Waals surface area contributed by atoms with Gasteiger partial charge in [0.25, 0.3) is 11.5 Å². The van der Waals surface area contributed by atoms with Gasteiger partial charge >= 0.3 is 17.9 Å². The van der Waals surface area contributed by atoms with Crippen molar-refractivity contribution in [2.45, 2.75) is 37.4 Å². The Kier molecular flexibility index (Phi) is 5.76. The quantitative estimate of drug-likeness (QED) is 0.325. The molecular weight excluding hydrogens is 504 g/mol. The molecule has 202 valence electrons. The molecule has 0 N–H and O–H groups in total. The van der Waals surface area contributed by atoms with Gasteiger partial charge in [-0.3, -0.25) is 14.5 Å². The van der Waals surface area contributed by atoms with Crippen LogP contribution in [-0.2, 0) is 44.7 Å². The molecule has 0 aliphatic carbocycles. The zero-order chi connectivity index (χ0) is 27.5. The first kappa shape index (κ1) is 25.1. The van der Waals surface area contributed by atoms with Crippen molar-refractivity contribution >= 4 is 23.8 Å². The molecule has 2 aromatic carbocycles. The number of fused-ring (bicyclic) bond motifs is 3. The minimum Gasteiger partial charge on any atom is -0.466 e. The number of rotatable bonds is 5. The number of ether oxygens (including phenoxy) is 4. The lowest BCUT2D eigenvalue weighted by Crippen LogP contribution is -2.71. The molecule has 3 fully saturated rings. The molecule has 1 unspecified atom stereocenters. The summed E-state index contributed by atoms with van der Waals surface area (Å²) in [5, 5.41) is 0. The molecule has 4 aliphatic rings. The fraction of sp³-hybridized carbons (Fsp3) is 0.379. The summed E-state index contributed by atoms with van der Waals surface area (Å²) in [6.07, 6.45) is 0.245. The number of carbonyl (C=O) groups excluding carboxylic acids is 4. The Hall–Kier alpha value is -4.18. The highest BCUT2D eigenvalue weighted by molar-refractivity contribution is 6.11. The molecular formula is C29H28N2O8. The molecule has 0 saturated carbocycles. The second-order valence-corrected chi connectivity index (χ2v) is 10.1. The topological polar surface area (TPSA) is 112 Å². The van der Waals surface area contributed by atoms with E-state index in [-0.39, 0.29) is 25.1 Å². The molecule has 5 atom stereocenters. The molecule has 6 rings (SSSR count). The molecule has 10 heteroatoms. The molecule has 39 heavy (non-hydrogen) atoms. The fourth-order valence-electron chi connectivity index (χ4n) is 6.78. The Morgan fingerprint density at radius 2 is 1.67 bits per heavy atom. The second-order valence-electron chi connectivity index (χ2n) is 10.1. The summed E-state index contributed by atoms with van der Waals surface area (Å²) < 4.78 is 22.5. The highest BCUT2D eigenvalue weighted by Crippen LogP contribution is 2.65. The van der Waals surface area contributed by atoms with Crippen LogP contribution in [0, 0.1) is 11.8 Å². The van der Waals surface area contributed by atoms with Gasteiger partial charge in [0.05, 0.1) is 32.4 Å². The van der Waals surface area contributed by atoms with Crippen LogP contribution in [0.25, 0.3) is 0 Å². The normalized spacial score (nSPS) is 31.0. The van der Waals surface area contributed by atoms with E-state index in [0.717, 1.165) is 5.56 Å². The third-order valence-corrected chi connectivity index (χ3v) is 8.36. The van der Waals surface area contributed by atoms with Gasteiger partial charge < -0.3 is 23.8 Å². The summed E-state index contributed by atoms with van der Waals surface area (Å²) in [5.41, 5.74) is 0.0277. The van der Waals surface area contributed by atoms with E-state index < -0.39 is 53.1 Å². The van der Waals surface area contributed by atoms with Gasteiger partial charge in [-0.05, 0) is 24.5 Å². The van der Waals surface area contributed by atoms with Crippen molar-refractivity contribution in [3.8, 4) is 0 Å². The monoisotopic (exact) mass is 532 g/mol. The highest BCUT2D eigenvalue weighted by atomic mass is 16.6. The van der Waals surface area contributed by atoms with Crippen LogP contribution in [0.3, 0.4) is 0 Å². The van der Waals surface area contributed by atoms with Gasteiger partial charge in [0.15, 0.2) is 0 Å². The van der Waals surface area contributed by atoms with Crippen molar-refractivity contribution in [2.24, 2.45) is 11.8 Å². The molecule has 4 aliphatic heterocycles. The van der Waals surface area contributed by atoms with Crippen LogP contribution in [-0.4, -0.2) is 65.9 Å². The molecule has 3 saturated heterocycles. The van der Waals surface area contributed by atoms with Crippen molar-refractivity contribution in [1.82, 2.24) is 9.80 Å². The number of hydrogen-bond donors (Lipinski definition) is 0. The Morgan fingerprint density at radius 3 is 2.31 bits per heavy atom. The van der Waals surface area contributed by atoms with E-state index >= 15 is 0 Å². The molecule has 2 bridgehead atoms. The summed E-state index contributed by atoms with van der Waals surface area (Å²) in [6.45, 7) is 1.96. The second kappa shape index (κ2) is 8.94. The molecule has 0 aromatic heterocycles. The predicted octanol–water partition coefficient (Wildman–Crippen LogP) is 2.31. The smallest absolute Gasteiger partial charge is 0.348 e. The maximum absolute atomic E-state index is 14.6. The van der Waals surface area contributed by atoms with Crippen LogP contribution in [0.15, 0.2) is 71.9 Å². The van der Waals surface area contributed by atoms with Gasteiger partial charge in [-0.2, -0.15) is 0 Å². The van der Waals surface area contributed by atoms with Crippen LogP contribution in [0.1, 0.15) is 30.5 Å². The molecule has 1 amide bonds. The lowest BCUT2D eigenvalue weighted by Gasteiger charge is -2.56. The molecule has 0 radical (unpaired) electrons. The summed E-state index contributed by atoms with van der Waals surface area (Å²) in [6, 6.07) is 17.4. The van der Waals surface area contributed by atoms with E-state index in [2.05, 4.69) is 0 Å². The van der Waals surface area contributed by atoms with Crippen LogP contribution in [0.2, 0.25) is 0 Å². The van der Waals surface area contributed by atoms with Crippen molar-refractivity contribution in [3.05, 3.63) is 83.1 Å². The zero-order valence-corrected chi connectivity index (χ0v) is 21.8. The number of allylic oxidation sites excluding steroid dienone is 1. The van der Waals surface area contributed by atoms with Crippen LogP contribution >= 0.6 is 0 Å². The Labute approximate surface area is 225 Å². The Bertz CT molecular complexity index is 1390. The van der Waals surface area contributed by atoms with Crippen molar-refractivity contribution < 1.29 is 38.1 Å². The van der Waals surface area contributed by atoms with E-state index in [0.29, 0.717) is 11.3 Å².